The molecule has 1 aromatic rings. The predicted molar refractivity (Wildman–Crippen MR) is 75.0 cm³/mol. The van der Waals surface area contributed by atoms with Gasteiger partial charge in [-0.1, -0.05) is 27.5 Å². The topological polar surface area (TPSA) is 30.5 Å². The zero-order chi connectivity index (χ0) is 12.5. The Hall–Kier alpha value is -0.290. The van der Waals surface area contributed by atoms with E-state index >= 15 is 0 Å². The molecule has 0 unspecified atom stereocenters. The third-order valence-electron chi connectivity index (χ3n) is 2.13. The van der Waals surface area contributed by atoms with Gasteiger partial charge in [-0.3, -0.25) is 0 Å². The fourth-order valence-electron chi connectivity index (χ4n) is 1.30. The molecule has 0 spiro atoms. The quantitative estimate of drug-likeness (QED) is 0.742. The van der Waals surface area contributed by atoms with Crippen molar-refractivity contribution in [3.8, 4) is 0 Å². The van der Waals surface area contributed by atoms with Gasteiger partial charge in [-0.05, 0) is 24.6 Å². The molecule has 0 heterocycles. The molecule has 0 radical (unpaired) electrons. The number of halogens is 2. The van der Waals surface area contributed by atoms with Crippen LogP contribution in [0.2, 0.25) is 5.02 Å². The van der Waals surface area contributed by atoms with Crippen molar-refractivity contribution in [2.45, 2.75) is 6.42 Å². The lowest BCUT2D eigenvalue weighted by Crippen LogP contribution is -2.11. The molecule has 0 aromatic heterocycles. The highest BCUT2D eigenvalue weighted by atomic mass is 79.9. The molecule has 96 valence electrons. The van der Waals surface area contributed by atoms with Gasteiger partial charge in [0.1, 0.15) is 0 Å². The maximum Gasteiger partial charge on any atom is 0.0648 e. The molecule has 0 atom stereocenters. The van der Waals surface area contributed by atoms with Crippen LogP contribution in [-0.4, -0.2) is 33.5 Å². The van der Waals surface area contributed by atoms with E-state index in [2.05, 4.69) is 21.2 Å². The van der Waals surface area contributed by atoms with Crippen LogP contribution in [0.15, 0.2) is 22.7 Å². The molecule has 0 fully saturated rings. The Morgan fingerprint density at radius 3 is 2.82 bits per heavy atom. The number of benzene rings is 1. The van der Waals surface area contributed by atoms with Crippen molar-refractivity contribution >= 4 is 33.2 Å². The molecular formula is C12H17BrClNO2. The number of hydrogen-bond acceptors (Lipinski definition) is 3. The van der Waals surface area contributed by atoms with Crippen LogP contribution < -0.4 is 5.32 Å². The minimum atomic E-state index is 0.663. The largest absolute Gasteiger partial charge is 0.385 e. The number of nitrogens with one attached hydrogen (secondary N) is 1. The standard InChI is InChI=1S/C12H17BrClNO2/c1-16-6-2-7-17-8-5-15-12-4-3-10(13)9-11(12)14/h3-4,9,15H,2,5-8H2,1H3. The molecule has 17 heavy (non-hydrogen) atoms. The second kappa shape index (κ2) is 8.75. The minimum Gasteiger partial charge on any atom is -0.385 e. The molecule has 1 aromatic carbocycles. The zero-order valence-electron chi connectivity index (χ0n) is 9.84. The molecule has 0 saturated heterocycles. The van der Waals surface area contributed by atoms with Gasteiger partial charge in [0.2, 0.25) is 0 Å². The number of hydrogen-bond donors (Lipinski definition) is 1. The Balaban J connectivity index is 2.14. The van der Waals surface area contributed by atoms with Gasteiger partial charge in [0.15, 0.2) is 0 Å². The van der Waals surface area contributed by atoms with Crippen molar-refractivity contribution in [1.29, 1.82) is 0 Å². The van der Waals surface area contributed by atoms with Crippen LogP contribution in [0.25, 0.3) is 0 Å². The maximum atomic E-state index is 6.06. The average Bonchev–Trinajstić information content (AvgIpc) is 2.30. The molecule has 0 aliphatic heterocycles. The summed E-state index contributed by atoms with van der Waals surface area (Å²) in [5, 5.41) is 3.93. The van der Waals surface area contributed by atoms with Crippen molar-refractivity contribution in [3.63, 3.8) is 0 Å². The summed E-state index contributed by atoms with van der Waals surface area (Å²) in [6, 6.07) is 5.76. The summed E-state index contributed by atoms with van der Waals surface area (Å²) in [5.74, 6) is 0. The summed E-state index contributed by atoms with van der Waals surface area (Å²) in [5.41, 5.74) is 0.926. The highest BCUT2D eigenvalue weighted by Gasteiger charge is 1.99. The number of methoxy groups -OCH3 is 1. The SMILES string of the molecule is COCCCOCCNc1ccc(Br)cc1Cl. The van der Waals surface area contributed by atoms with E-state index in [4.69, 9.17) is 21.1 Å². The first-order valence-corrected chi connectivity index (χ1v) is 6.66. The first kappa shape index (κ1) is 14.8. The van der Waals surface area contributed by atoms with Crippen molar-refractivity contribution in [2.75, 3.05) is 38.8 Å². The van der Waals surface area contributed by atoms with Gasteiger partial charge >= 0.3 is 0 Å². The van der Waals surface area contributed by atoms with Gasteiger partial charge < -0.3 is 14.8 Å². The summed E-state index contributed by atoms with van der Waals surface area (Å²) < 4.78 is 11.3. The normalized spacial score (nSPS) is 10.5. The Bertz CT molecular complexity index is 336. The summed E-state index contributed by atoms with van der Waals surface area (Å²) in [6.45, 7) is 2.88. The van der Waals surface area contributed by atoms with Crippen molar-refractivity contribution in [2.24, 2.45) is 0 Å². The van der Waals surface area contributed by atoms with Crippen LogP contribution in [0.3, 0.4) is 0 Å². The van der Waals surface area contributed by atoms with Gasteiger partial charge in [-0.25, -0.2) is 0 Å². The molecule has 0 saturated carbocycles. The van der Waals surface area contributed by atoms with Gasteiger partial charge in [0.25, 0.3) is 0 Å². The van der Waals surface area contributed by atoms with E-state index < -0.39 is 0 Å². The molecule has 0 aliphatic carbocycles. The van der Waals surface area contributed by atoms with E-state index in [0.29, 0.717) is 11.6 Å². The fourth-order valence-corrected chi connectivity index (χ4v) is 2.04. The first-order valence-electron chi connectivity index (χ1n) is 5.49. The molecule has 1 N–H and O–H groups in total. The van der Waals surface area contributed by atoms with Crippen molar-refractivity contribution in [1.82, 2.24) is 0 Å². The van der Waals surface area contributed by atoms with Crippen LogP contribution in [0, 0.1) is 0 Å². The van der Waals surface area contributed by atoms with Gasteiger partial charge in [-0.15, -0.1) is 0 Å². The maximum absolute atomic E-state index is 6.06. The van der Waals surface area contributed by atoms with Crippen LogP contribution in [0.4, 0.5) is 5.69 Å². The molecule has 1 rings (SSSR count). The Morgan fingerprint density at radius 1 is 1.29 bits per heavy atom. The second-order valence-corrected chi connectivity index (χ2v) is 4.83. The highest BCUT2D eigenvalue weighted by molar-refractivity contribution is 9.10. The van der Waals surface area contributed by atoms with Gasteiger partial charge in [0.05, 0.1) is 17.3 Å². The van der Waals surface area contributed by atoms with Crippen LogP contribution in [0.1, 0.15) is 6.42 Å². The molecule has 0 amide bonds. The molecule has 5 heteroatoms. The Kier molecular flexibility index (Phi) is 7.60. The minimum absolute atomic E-state index is 0.663. The lowest BCUT2D eigenvalue weighted by molar-refractivity contribution is 0.109. The Labute approximate surface area is 116 Å². The van der Waals surface area contributed by atoms with Crippen LogP contribution in [-0.2, 0) is 9.47 Å². The van der Waals surface area contributed by atoms with Crippen LogP contribution >= 0.6 is 27.5 Å². The van der Waals surface area contributed by atoms with E-state index in [1.165, 1.54) is 0 Å². The molecule has 0 bridgehead atoms. The van der Waals surface area contributed by atoms with Crippen LogP contribution in [0.5, 0.6) is 0 Å². The summed E-state index contributed by atoms with van der Waals surface area (Å²) in [4.78, 5) is 0. The van der Waals surface area contributed by atoms with E-state index in [9.17, 15) is 0 Å². The zero-order valence-corrected chi connectivity index (χ0v) is 12.2. The number of rotatable bonds is 8. The van der Waals surface area contributed by atoms with Gasteiger partial charge in [0, 0.05) is 31.3 Å². The third kappa shape index (κ3) is 6.27. The first-order chi connectivity index (χ1) is 8.24. The van der Waals surface area contributed by atoms with Gasteiger partial charge in [-0.2, -0.15) is 0 Å². The van der Waals surface area contributed by atoms with Crippen molar-refractivity contribution in [3.05, 3.63) is 27.7 Å². The summed E-state index contributed by atoms with van der Waals surface area (Å²) >= 11 is 9.43. The van der Waals surface area contributed by atoms with E-state index in [0.717, 1.165) is 36.3 Å². The van der Waals surface area contributed by atoms with E-state index in [1.54, 1.807) is 7.11 Å². The van der Waals surface area contributed by atoms with E-state index in [1.807, 2.05) is 18.2 Å². The number of anilines is 1. The monoisotopic (exact) mass is 321 g/mol. The fraction of sp³-hybridized carbons (Fsp3) is 0.500. The molecule has 0 aliphatic rings. The van der Waals surface area contributed by atoms with Crippen molar-refractivity contribution < 1.29 is 9.47 Å². The highest BCUT2D eigenvalue weighted by Crippen LogP contribution is 2.25. The number of ether oxygens (including phenoxy) is 2. The summed E-state index contributed by atoms with van der Waals surface area (Å²) in [6.07, 6.45) is 0.926. The smallest absolute Gasteiger partial charge is 0.0648 e. The Morgan fingerprint density at radius 2 is 2.12 bits per heavy atom. The van der Waals surface area contributed by atoms with E-state index in [-0.39, 0.29) is 0 Å². The molecule has 3 nitrogen and oxygen atoms in total. The average molecular weight is 323 g/mol. The lowest BCUT2D eigenvalue weighted by atomic mass is 10.3. The molecular weight excluding hydrogens is 305 g/mol. The summed E-state index contributed by atoms with van der Waals surface area (Å²) in [7, 11) is 1.69. The lowest BCUT2D eigenvalue weighted by Gasteiger charge is -2.09. The predicted octanol–water partition coefficient (Wildman–Crippen LogP) is 3.57. The third-order valence-corrected chi connectivity index (χ3v) is 2.94. The second-order valence-electron chi connectivity index (χ2n) is 3.51.